The van der Waals surface area contributed by atoms with Gasteiger partial charge in [0, 0.05) is 6.04 Å². The summed E-state index contributed by atoms with van der Waals surface area (Å²) in [6.07, 6.45) is 0.711. The molecule has 100 valence electrons. The molecule has 3 N–H and O–H groups in total. The zero-order valence-corrected chi connectivity index (χ0v) is 11.3. The van der Waals surface area contributed by atoms with E-state index in [9.17, 15) is 4.79 Å². The maximum Gasteiger partial charge on any atom is 0.344 e. The summed E-state index contributed by atoms with van der Waals surface area (Å²) in [5.74, 6) is -0.650. The lowest BCUT2D eigenvalue weighted by Gasteiger charge is -2.14. The number of rotatable bonds is 6. The van der Waals surface area contributed by atoms with Gasteiger partial charge in [-0.3, -0.25) is 0 Å². The predicted octanol–water partition coefficient (Wildman–Crippen LogP) is 2.47. The predicted molar refractivity (Wildman–Crippen MR) is 71.1 cm³/mol. The van der Waals surface area contributed by atoms with E-state index in [4.69, 9.17) is 27.2 Å². The maximum atomic E-state index is 10.7. The molecule has 0 saturated heterocycles. The largest absolute Gasteiger partial charge is 0.479 e. The molecule has 1 aromatic carbocycles. The highest BCUT2D eigenvalue weighted by Crippen LogP contribution is 2.27. The van der Waals surface area contributed by atoms with Gasteiger partial charge in [-0.25, -0.2) is 4.79 Å². The molecule has 2 atom stereocenters. The molecule has 0 aliphatic carbocycles. The smallest absolute Gasteiger partial charge is 0.344 e. The highest BCUT2D eigenvalue weighted by atomic mass is 35.5. The zero-order chi connectivity index (χ0) is 13.7. The molecule has 0 aromatic heterocycles. The Balaban J connectivity index is 2.76. The van der Waals surface area contributed by atoms with Crippen LogP contribution in [0, 0.1) is 0 Å². The van der Waals surface area contributed by atoms with Crippen LogP contribution < -0.4 is 10.5 Å². The summed E-state index contributed by atoms with van der Waals surface area (Å²) in [6.45, 7) is 3.48. The molecule has 0 aliphatic rings. The third kappa shape index (κ3) is 4.20. The number of carboxylic acids is 1. The van der Waals surface area contributed by atoms with Gasteiger partial charge in [0.25, 0.3) is 0 Å². The molecule has 0 radical (unpaired) electrons. The van der Waals surface area contributed by atoms with E-state index < -0.39 is 12.1 Å². The summed E-state index contributed by atoms with van der Waals surface area (Å²) >= 11 is 6.05. The standard InChI is InChI=1S/C13H18ClNO3/c1-3-10(15)6-9-4-5-12(11(14)7-9)18-8(2)13(16)17/h4-5,7-8,10H,3,6,15H2,1-2H3,(H,16,17). The average molecular weight is 272 g/mol. The van der Waals surface area contributed by atoms with Crippen molar-refractivity contribution in [3.05, 3.63) is 28.8 Å². The number of carbonyl (C=O) groups is 1. The van der Waals surface area contributed by atoms with Crippen LogP contribution in [0.25, 0.3) is 0 Å². The Morgan fingerprint density at radius 2 is 2.22 bits per heavy atom. The van der Waals surface area contributed by atoms with Crippen LogP contribution in [-0.2, 0) is 11.2 Å². The quantitative estimate of drug-likeness (QED) is 0.834. The lowest BCUT2D eigenvalue weighted by molar-refractivity contribution is -0.144. The van der Waals surface area contributed by atoms with E-state index >= 15 is 0 Å². The van der Waals surface area contributed by atoms with Gasteiger partial charge in [0.15, 0.2) is 6.10 Å². The van der Waals surface area contributed by atoms with Crippen LogP contribution in [0.5, 0.6) is 5.75 Å². The molecular weight excluding hydrogens is 254 g/mol. The van der Waals surface area contributed by atoms with Gasteiger partial charge in [-0.05, 0) is 37.5 Å². The Hall–Kier alpha value is -1.26. The highest BCUT2D eigenvalue weighted by Gasteiger charge is 2.14. The molecular formula is C13H18ClNO3. The fourth-order valence-electron chi connectivity index (χ4n) is 1.45. The second-order valence-electron chi connectivity index (χ2n) is 4.24. The molecule has 0 heterocycles. The van der Waals surface area contributed by atoms with Crippen LogP contribution in [0.1, 0.15) is 25.8 Å². The summed E-state index contributed by atoms with van der Waals surface area (Å²) in [5.41, 5.74) is 6.88. The van der Waals surface area contributed by atoms with Crippen molar-refractivity contribution in [1.29, 1.82) is 0 Å². The van der Waals surface area contributed by atoms with Crippen LogP contribution in [0.2, 0.25) is 5.02 Å². The second kappa shape index (κ2) is 6.61. The Morgan fingerprint density at radius 3 is 2.72 bits per heavy atom. The Bertz CT molecular complexity index is 423. The molecule has 0 bridgehead atoms. The van der Waals surface area contributed by atoms with Gasteiger partial charge in [-0.2, -0.15) is 0 Å². The number of halogens is 1. The van der Waals surface area contributed by atoms with E-state index in [-0.39, 0.29) is 6.04 Å². The first-order chi connectivity index (χ1) is 8.43. The molecule has 4 nitrogen and oxygen atoms in total. The van der Waals surface area contributed by atoms with E-state index in [1.807, 2.05) is 13.0 Å². The average Bonchev–Trinajstić information content (AvgIpc) is 2.32. The zero-order valence-electron chi connectivity index (χ0n) is 10.5. The molecule has 5 heteroatoms. The first-order valence-electron chi connectivity index (χ1n) is 5.87. The molecule has 0 spiro atoms. The summed E-state index contributed by atoms with van der Waals surface area (Å²) < 4.78 is 5.23. The minimum atomic E-state index is -1.02. The Labute approximate surface area is 112 Å². The van der Waals surface area contributed by atoms with Crippen molar-refractivity contribution in [3.63, 3.8) is 0 Å². The highest BCUT2D eigenvalue weighted by molar-refractivity contribution is 6.32. The van der Waals surface area contributed by atoms with Crippen molar-refractivity contribution in [2.24, 2.45) is 5.73 Å². The van der Waals surface area contributed by atoms with Gasteiger partial charge < -0.3 is 15.6 Å². The second-order valence-corrected chi connectivity index (χ2v) is 4.64. The van der Waals surface area contributed by atoms with Crippen LogP contribution in [0.4, 0.5) is 0 Å². The minimum Gasteiger partial charge on any atom is -0.479 e. The van der Waals surface area contributed by atoms with Crippen LogP contribution in [-0.4, -0.2) is 23.2 Å². The summed E-state index contributed by atoms with van der Waals surface area (Å²) in [4.78, 5) is 10.7. The topological polar surface area (TPSA) is 72.5 Å². The third-order valence-corrected chi connectivity index (χ3v) is 2.97. The van der Waals surface area contributed by atoms with Gasteiger partial charge in [-0.1, -0.05) is 24.6 Å². The first kappa shape index (κ1) is 14.8. The van der Waals surface area contributed by atoms with Crippen LogP contribution >= 0.6 is 11.6 Å². The van der Waals surface area contributed by atoms with Crippen LogP contribution in [0.3, 0.4) is 0 Å². The van der Waals surface area contributed by atoms with Gasteiger partial charge in [0.2, 0.25) is 0 Å². The molecule has 0 saturated carbocycles. The van der Waals surface area contributed by atoms with Crippen molar-refractivity contribution in [2.75, 3.05) is 0 Å². The Kier molecular flexibility index (Phi) is 5.44. The number of ether oxygens (including phenoxy) is 1. The number of carboxylic acid groups (broad SMARTS) is 1. The molecule has 2 unspecified atom stereocenters. The molecule has 0 amide bonds. The van der Waals surface area contributed by atoms with Crippen molar-refractivity contribution >= 4 is 17.6 Å². The number of benzene rings is 1. The lowest BCUT2D eigenvalue weighted by Crippen LogP contribution is -2.23. The van der Waals surface area contributed by atoms with Crippen molar-refractivity contribution in [1.82, 2.24) is 0 Å². The van der Waals surface area contributed by atoms with Gasteiger partial charge >= 0.3 is 5.97 Å². The molecule has 1 rings (SSSR count). The van der Waals surface area contributed by atoms with Crippen molar-refractivity contribution in [3.8, 4) is 5.75 Å². The molecule has 0 fully saturated rings. The maximum absolute atomic E-state index is 10.7. The van der Waals surface area contributed by atoms with E-state index in [1.165, 1.54) is 6.92 Å². The SMILES string of the molecule is CCC(N)Cc1ccc(OC(C)C(=O)O)c(Cl)c1. The van der Waals surface area contributed by atoms with E-state index in [2.05, 4.69) is 0 Å². The summed E-state index contributed by atoms with van der Waals surface area (Å²) in [7, 11) is 0. The van der Waals surface area contributed by atoms with E-state index in [0.29, 0.717) is 10.8 Å². The fraction of sp³-hybridized carbons (Fsp3) is 0.462. The monoisotopic (exact) mass is 271 g/mol. The Morgan fingerprint density at radius 1 is 1.56 bits per heavy atom. The number of hydrogen-bond acceptors (Lipinski definition) is 3. The van der Waals surface area contributed by atoms with Gasteiger partial charge in [-0.15, -0.1) is 0 Å². The summed E-state index contributed by atoms with van der Waals surface area (Å²) in [5, 5.41) is 9.16. The fourth-order valence-corrected chi connectivity index (χ4v) is 1.70. The number of nitrogens with two attached hydrogens (primary N) is 1. The molecule has 0 aliphatic heterocycles. The first-order valence-corrected chi connectivity index (χ1v) is 6.25. The van der Waals surface area contributed by atoms with Gasteiger partial charge in [0.1, 0.15) is 5.75 Å². The normalized spacial score (nSPS) is 14.0. The van der Waals surface area contributed by atoms with Crippen LogP contribution in [0.15, 0.2) is 18.2 Å². The number of aliphatic carboxylic acids is 1. The third-order valence-electron chi connectivity index (χ3n) is 2.67. The van der Waals surface area contributed by atoms with E-state index in [0.717, 1.165) is 18.4 Å². The van der Waals surface area contributed by atoms with Gasteiger partial charge in [0.05, 0.1) is 5.02 Å². The minimum absolute atomic E-state index is 0.103. The molecule has 1 aromatic rings. The van der Waals surface area contributed by atoms with Crippen molar-refractivity contribution in [2.45, 2.75) is 38.8 Å². The summed E-state index contributed by atoms with van der Waals surface area (Å²) in [6, 6.07) is 5.40. The van der Waals surface area contributed by atoms with E-state index in [1.54, 1.807) is 12.1 Å². The number of hydrogen-bond donors (Lipinski definition) is 2. The lowest BCUT2D eigenvalue weighted by atomic mass is 10.0. The van der Waals surface area contributed by atoms with Crippen molar-refractivity contribution < 1.29 is 14.6 Å². The molecule has 18 heavy (non-hydrogen) atoms.